The van der Waals surface area contributed by atoms with Gasteiger partial charge in [-0.2, -0.15) is 0 Å². The van der Waals surface area contributed by atoms with Crippen LogP contribution in [0.1, 0.15) is 24.8 Å². The number of halogens is 3. The van der Waals surface area contributed by atoms with Crippen LogP contribution in [0.25, 0.3) is 0 Å². The number of hydrogen-bond donors (Lipinski definition) is 2. The van der Waals surface area contributed by atoms with Crippen LogP contribution in [0, 0.1) is 11.6 Å². The molecular weight excluding hydrogens is 396 g/mol. The van der Waals surface area contributed by atoms with E-state index in [9.17, 15) is 13.6 Å². The third-order valence-electron chi connectivity index (χ3n) is 3.84. The van der Waals surface area contributed by atoms with Crippen LogP contribution in [0.15, 0.2) is 34.9 Å². The Morgan fingerprint density at radius 3 is 2.84 bits per heavy atom. The molecule has 0 radical (unpaired) electrons. The Hall–Kier alpha value is -2.22. The van der Waals surface area contributed by atoms with E-state index in [1.807, 2.05) is 0 Å². The van der Waals surface area contributed by atoms with E-state index in [4.69, 9.17) is 4.74 Å². The Labute approximate surface area is 151 Å². The Morgan fingerprint density at radius 2 is 2.16 bits per heavy atom. The van der Waals surface area contributed by atoms with Crippen molar-refractivity contribution in [2.24, 2.45) is 0 Å². The quantitative estimate of drug-likeness (QED) is 0.774. The van der Waals surface area contributed by atoms with Crippen LogP contribution in [0.4, 0.5) is 19.4 Å². The fraction of sp³-hybridized carbons (Fsp3) is 0.294. The van der Waals surface area contributed by atoms with Gasteiger partial charge in [0.15, 0.2) is 11.6 Å². The summed E-state index contributed by atoms with van der Waals surface area (Å²) in [5.41, 5.74) is 0.175. The lowest BCUT2D eigenvalue weighted by atomic mass is 10.1. The van der Waals surface area contributed by atoms with Gasteiger partial charge in [-0.3, -0.25) is 5.32 Å². The molecule has 2 N–H and O–H groups in total. The molecule has 0 bridgehead atoms. The molecule has 1 aromatic heterocycles. The number of nitrogens with zero attached hydrogens (tertiary/aromatic N) is 1. The van der Waals surface area contributed by atoms with Gasteiger partial charge in [-0.05, 0) is 53.5 Å². The van der Waals surface area contributed by atoms with Crippen LogP contribution >= 0.6 is 15.9 Å². The van der Waals surface area contributed by atoms with E-state index >= 15 is 0 Å². The summed E-state index contributed by atoms with van der Waals surface area (Å²) in [6.07, 6.45) is 2.08. The second kappa shape index (κ2) is 7.35. The minimum atomic E-state index is -0.924. The van der Waals surface area contributed by atoms with Gasteiger partial charge in [0.25, 0.3) is 0 Å². The van der Waals surface area contributed by atoms with Crippen molar-refractivity contribution in [1.29, 1.82) is 0 Å². The fourth-order valence-corrected chi connectivity index (χ4v) is 2.85. The normalized spacial score (nSPS) is 18.6. The van der Waals surface area contributed by atoms with Crippen molar-refractivity contribution in [2.75, 3.05) is 11.9 Å². The predicted molar refractivity (Wildman–Crippen MR) is 92.8 cm³/mol. The van der Waals surface area contributed by atoms with Crippen molar-refractivity contribution >= 4 is 27.8 Å². The summed E-state index contributed by atoms with van der Waals surface area (Å²) in [5, 5.41) is 5.33. The maximum Gasteiger partial charge on any atom is 0.320 e. The van der Waals surface area contributed by atoms with Gasteiger partial charge < -0.3 is 10.1 Å². The van der Waals surface area contributed by atoms with Gasteiger partial charge in [-0.25, -0.2) is 18.6 Å². The van der Waals surface area contributed by atoms with Crippen molar-refractivity contribution in [2.45, 2.75) is 25.3 Å². The van der Waals surface area contributed by atoms with Gasteiger partial charge >= 0.3 is 6.03 Å². The minimum absolute atomic E-state index is 0.175. The zero-order chi connectivity index (χ0) is 18.0. The monoisotopic (exact) mass is 411 g/mol. The molecule has 1 aliphatic carbocycles. The highest BCUT2D eigenvalue weighted by Gasteiger charge is 2.43. The summed E-state index contributed by atoms with van der Waals surface area (Å²) >= 11 is 3.26. The van der Waals surface area contributed by atoms with Crippen LogP contribution in [0.2, 0.25) is 0 Å². The number of carbonyl (C=O) groups is 1. The molecule has 25 heavy (non-hydrogen) atoms. The molecule has 5 nitrogen and oxygen atoms in total. The van der Waals surface area contributed by atoms with Gasteiger partial charge in [0.2, 0.25) is 0 Å². The van der Waals surface area contributed by atoms with E-state index in [1.165, 1.54) is 6.07 Å². The number of urea groups is 1. The summed E-state index contributed by atoms with van der Waals surface area (Å²) in [5.74, 6) is -1.46. The number of benzene rings is 1. The molecule has 0 spiro atoms. The molecule has 1 heterocycles. The number of pyridine rings is 1. The molecular formula is C17H16BrF2N3O2. The molecule has 2 aromatic rings. The Morgan fingerprint density at radius 1 is 1.36 bits per heavy atom. The first-order valence-electron chi connectivity index (χ1n) is 7.79. The average Bonchev–Trinajstić information content (AvgIpc) is 3.32. The Bertz CT molecular complexity index is 786. The van der Waals surface area contributed by atoms with Crippen molar-refractivity contribution in [3.63, 3.8) is 0 Å². The van der Waals surface area contributed by atoms with Crippen molar-refractivity contribution in [3.05, 3.63) is 52.1 Å². The Kier molecular flexibility index (Phi) is 5.17. The van der Waals surface area contributed by atoms with Gasteiger partial charge in [0, 0.05) is 28.2 Å². The van der Waals surface area contributed by atoms with Crippen LogP contribution in [0.5, 0.6) is 5.75 Å². The van der Waals surface area contributed by atoms with E-state index in [2.05, 4.69) is 31.5 Å². The third kappa shape index (κ3) is 4.07. The highest BCUT2D eigenvalue weighted by molar-refractivity contribution is 9.10. The standard InChI is InChI=1S/C17H16BrF2N3O2/c1-2-25-13-5-4-11(19)16(20)15(13)10-7-12(10)22-17(24)23-14-6-3-9(18)8-21-14/h3-6,8,10,12H,2,7H2,1H3,(H2,21,22,23,24). The SMILES string of the molecule is CCOc1ccc(F)c(F)c1C1CC1NC(=O)Nc1ccc(Br)cn1. The molecule has 1 aromatic carbocycles. The predicted octanol–water partition coefficient (Wildman–Crippen LogP) is 4.20. The van der Waals surface area contributed by atoms with E-state index in [0.29, 0.717) is 24.6 Å². The zero-order valence-corrected chi connectivity index (χ0v) is 14.9. The van der Waals surface area contributed by atoms with Crippen molar-refractivity contribution < 1.29 is 18.3 Å². The molecule has 1 fully saturated rings. The van der Waals surface area contributed by atoms with E-state index in [0.717, 1.165) is 10.5 Å². The third-order valence-corrected chi connectivity index (χ3v) is 4.31. The zero-order valence-electron chi connectivity index (χ0n) is 13.4. The number of aromatic nitrogens is 1. The van der Waals surface area contributed by atoms with Crippen molar-refractivity contribution in [1.82, 2.24) is 10.3 Å². The summed E-state index contributed by atoms with van der Waals surface area (Å²) in [7, 11) is 0. The maximum absolute atomic E-state index is 14.2. The first-order chi connectivity index (χ1) is 12.0. The lowest BCUT2D eigenvalue weighted by molar-refractivity contribution is 0.251. The lowest BCUT2D eigenvalue weighted by Gasteiger charge is -2.12. The topological polar surface area (TPSA) is 63.2 Å². The second-order valence-electron chi connectivity index (χ2n) is 5.61. The number of ether oxygens (including phenoxy) is 1. The molecule has 0 saturated heterocycles. The highest BCUT2D eigenvalue weighted by atomic mass is 79.9. The molecule has 2 amide bonds. The summed E-state index contributed by atoms with van der Waals surface area (Å²) < 4.78 is 33.9. The molecule has 132 valence electrons. The molecule has 1 aliphatic rings. The first-order valence-corrected chi connectivity index (χ1v) is 8.58. The van der Waals surface area contributed by atoms with Gasteiger partial charge in [-0.15, -0.1) is 0 Å². The Balaban J connectivity index is 1.65. The van der Waals surface area contributed by atoms with E-state index in [-0.39, 0.29) is 17.5 Å². The van der Waals surface area contributed by atoms with Gasteiger partial charge in [-0.1, -0.05) is 0 Å². The molecule has 0 aliphatic heterocycles. The molecule has 3 rings (SSSR count). The van der Waals surface area contributed by atoms with Crippen LogP contribution in [0.3, 0.4) is 0 Å². The van der Waals surface area contributed by atoms with Crippen LogP contribution in [-0.2, 0) is 0 Å². The van der Waals surface area contributed by atoms with Gasteiger partial charge in [0.05, 0.1) is 6.61 Å². The van der Waals surface area contributed by atoms with Gasteiger partial charge in [0.1, 0.15) is 11.6 Å². The number of nitrogens with one attached hydrogen (secondary N) is 2. The number of rotatable bonds is 5. The van der Waals surface area contributed by atoms with Crippen molar-refractivity contribution in [3.8, 4) is 5.75 Å². The number of anilines is 1. The summed E-state index contributed by atoms with van der Waals surface area (Å²) in [4.78, 5) is 16.1. The molecule has 1 saturated carbocycles. The van der Waals surface area contributed by atoms with E-state index < -0.39 is 17.7 Å². The second-order valence-corrected chi connectivity index (χ2v) is 6.53. The summed E-state index contributed by atoms with van der Waals surface area (Å²) in [6.45, 7) is 2.12. The smallest absolute Gasteiger partial charge is 0.320 e. The largest absolute Gasteiger partial charge is 0.493 e. The number of hydrogen-bond acceptors (Lipinski definition) is 3. The average molecular weight is 412 g/mol. The molecule has 8 heteroatoms. The maximum atomic E-state index is 14.2. The fourth-order valence-electron chi connectivity index (χ4n) is 2.62. The number of amides is 2. The van der Waals surface area contributed by atoms with Crippen LogP contribution in [-0.4, -0.2) is 23.7 Å². The highest BCUT2D eigenvalue weighted by Crippen LogP contribution is 2.46. The summed E-state index contributed by atoms with van der Waals surface area (Å²) in [6, 6.07) is 5.12. The molecule has 2 unspecified atom stereocenters. The van der Waals surface area contributed by atoms with E-state index in [1.54, 1.807) is 25.3 Å². The van der Waals surface area contributed by atoms with Crippen LogP contribution < -0.4 is 15.4 Å². The number of carbonyl (C=O) groups excluding carboxylic acids is 1. The lowest BCUT2D eigenvalue weighted by Crippen LogP contribution is -2.31. The molecule has 2 atom stereocenters. The first kappa shape index (κ1) is 17.6. The minimum Gasteiger partial charge on any atom is -0.493 e.